The van der Waals surface area contributed by atoms with Crippen molar-refractivity contribution in [1.82, 2.24) is 0 Å². The van der Waals surface area contributed by atoms with Crippen molar-refractivity contribution >= 4 is 68.2 Å². The molecule has 0 bridgehead atoms. The third-order valence-corrected chi connectivity index (χ3v) is 3.08. The maximum Gasteiger partial charge on any atom is 0.142 e. The Labute approximate surface area is 79.3 Å². The topological polar surface area (TPSA) is 52.0 Å². The molecular weight excluding hydrogens is 212 g/mol. The van der Waals surface area contributed by atoms with Gasteiger partial charge in [0.2, 0.25) is 0 Å². The molecule has 0 rings (SSSR count). The van der Waals surface area contributed by atoms with Gasteiger partial charge in [0, 0.05) is 13.5 Å². The van der Waals surface area contributed by atoms with Crippen molar-refractivity contribution in [2.75, 3.05) is 0 Å². The van der Waals surface area contributed by atoms with E-state index in [-0.39, 0.29) is 13.5 Å². The number of hydrogen-bond donors (Lipinski definition) is 2. The fourth-order valence-corrected chi connectivity index (χ4v) is 1.35. The average molecular weight is 216 g/mol. The van der Waals surface area contributed by atoms with Crippen LogP contribution in [0.4, 0.5) is 0 Å². The molecule has 0 aromatic rings. The van der Waals surface area contributed by atoms with Crippen molar-refractivity contribution in [2.24, 2.45) is 11.5 Å². The Hall–Kier alpha value is 0.830. The minimum atomic E-state index is 0. The van der Waals surface area contributed by atoms with Crippen molar-refractivity contribution < 1.29 is 0 Å². The zero-order valence-electron chi connectivity index (χ0n) is 4.20. The molecule has 0 aliphatic rings. The van der Waals surface area contributed by atoms with E-state index in [9.17, 15) is 0 Å². The number of thiocarbonyl (C=S) groups is 2. The van der Waals surface area contributed by atoms with Crippen LogP contribution in [0.1, 0.15) is 0 Å². The predicted molar refractivity (Wildman–Crippen MR) is 56.3 cm³/mol. The number of rotatable bonds is 0. The molecule has 0 atom stereocenters. The van der Waals surface area contributed by atoms with Gasteiger partial charge in [-0.2, -0.15) is 0 Å². The van der Waals surface area contributed by atoms with Crippen molar-refractivity contribution in [3.63, 3.8) is 0 Å². The molecule has 0 unspecified atom stereocenters. The maximum atomic E-state index is 5.10. The molecule has 0 heterocycles. The molecule has 4 N–H and O–H groups in total. The predicted octanol–water partition coefficient (Wildman–Crippen LogP) is 1.50. The van der Waals surface area contributed by atoms with Crippen molar-refractivity contribution in [2.45, 2.75) is 0 Å². The fourth-order valence-electron chi connectivity index (χ4n) is 0.0821. The van der Waals surface area contributed by atoms with Gasteiger partial charge < -0.3 is 11.5 Å². The molecule has 2 radical (unpaired) electrons. The summed E-state index contributed by atoms with van der Waals surface area (Å²) in [6.45, 7) is 0. The van der Waals surface area contributed by atoms with E-state index in [4.69, 9.17) is 11.5 Å². The second-order valence-corrected chi connectivity index (χ2v) is 4.41. The van der Waals surface area contributed by atoms with Crippen LogP contribution in [0.3, 0.4) is 0 Å². The molecule has 9 heavy (non-hydrogen) atoms. The molecule has 0 saturated carbocycles. The zero-order valence-corrected chi connectivity index (χ0v) is 8.28. The van der Waals surface area contributed by atoms with E-state index < -0.39 is 0 Å². The molecule has 0 amide bonds. The van der Waals surface area contributed by atoms with Gasteiger partial charge in [0.25, 0.3) is 0 Å². The number of hydrogen-bond acceptors (Lipinski definition) is 4. The monoisotopic (exact) mass is 216 g/mol. The van der Waals surface area contributed by atoms with E-state index in [2.05, 4.69) is 24.4 Å². The van der Waals surface area contributed by atoms with Crippen LogP contribution in [0.15, 0.2) is 0 Å². The summed E-state index contributed by atoms with van der Waals surface area (Å²) >= 11 is 9.04. The van der Waals surface area contributed by atoms with Gasteiger partial charge in [-0.1, -0.05) is 24.4 Å². The summed E-state index contributed by atoms with van der Waals surface area (Å²) in [4.78, 5) is 0. The second-order valence-electron chi connectivity index (χ2n) is 0.805. The Morgan fingerprint density at radius 2 is 1.22 bits per heavy atom. The van der Waals surface area contributed by atoms with Crippen molar-refractivity contribution in [1.29, 1.82) is 0 Å². The molecule has 0 aliphatic carbocycles. The zero-order chi connectivity index (χ0) is 6.57. The number of nitrogens with two attached hydrogens (primary N) is 2. The maximum absolute atomic E-state index is 5.10. The van der Waals surface area contributed by atoms with E-state index >= 15 is 0 Å². The SMILES string of the molecule is NC(=S)SSC(N)=S.[S]. The third-order valence-electron chi connectivity index (χ3n) is 0.206. The Balaban J connectivity index is 0. The first kappa shape index (κ1) is 12.5. The van der Waals surface area contributed by atoms with E-state index in [0.717, 1.165) is 0 Å². The van der Waals surface area contributed by atoms with Crippen LogP contribution in [-0.4, -0.2) is 8.64 Å². The summed E-state index contributed by atoms with van der Waals surface area (Å²) in [5.41, 5.74) is 10.2. The molecule has 0 spiro atoms. The first-order valence-corrected chi connectivity index (χ1v) is 4.53. The van der Waals surface area contributed by atoms with Gasteiger partial charge in [-0.3, -0.25) is 0 Å². The molecule has 0 fully saturated rings. The van der Waals surface area contributed by atoms with Gasteiger partial charge in [0.05, 0.1) is 0 Å². The fraction of sp³-hybridized carbons (Fsp3) is 0. The highest BCUT2D eigenvalue weighted by atomic mass is 33.1. The molecular formula is C2H4N2S5. The van der Waals surface area contributed by atoms with Crippen LogP contribution < -0.4 is 11.5 Å². The Bertz CT molecular complexity index is 97.5. The molecule has 0 aromatic heterocycles. The first-order chi connectivity index (χ1) is 3.63. The summed E-state index contributed by atoms with van der Waals surface area (Å²) in [7, 11) is 2.40. The van der Waals surface area contributed by atoms with Crippen molar-refractivity contribution in [3.05, 3.63) is 0 Å². The minimum Gasteiger partial charge on any atom is -0.384 e. The summed E-state index contributed by atoms with van der Waals surface area (Å²) in [5.74, 6) is 0. The molecule has 52 valence electrons. The van der Waals surface area contributed by atoms with E-state index in [0.29, 0.717) is 8.64 Å². The first-order valence-electron chi connectivity index (χ1n) is 1.56. The summed E-state index contributed by atoms with van der Waals surface area (Å²) < 4.78 is 0.700. The van der Waals surface area contributed by atoms with Crippen molar-refractivity contribution in [3.8, 4) is 0 Å². The average Bonchev–Trinajstić information content (AvgIpc) is 1.61. The van der Waals surface area contributed by atoms with Crippen LogP contribution in [0.2, 0.25) is 0 Å². The third kappa shape index (κ3) is 12.1. The molecule has 7 heteroatoms. The highest BCUT2D eigenvalue weighted by Crippen LogP contribution is 2.20. The van der Waals surface area contributed by atoms with E-state index in [1.54, 1.807) is 0 Å². The van der Waals surface area contributed by atoms with Gasteiger partial charge >= 0.3 is 0 Å². The Morgan fingerprint density at radius 3 is 1.33 bits per heavy atom. The van der Waals surface area contributed by atoms with Crippen LogP contribution in [-0.2, 0) is 0 Å². The van der Waals surface area contributed by atoms with E-state index in [1.807, 2.05) is 0 Å². The minimum absolute atomic E-state index is 0. The van der Waals surface area contributed by atoms with Gasteiger partial charge in [-0.15, -0.1) is 0 Å². The largest absolute Gasteiger partial charge is 0.384 e. The van der Waals surface area contributed by atoms with Crippen LogP contribution in [0.25, 0.3) is 0 Å². The van der Waals surface area contributed by atoms with Gasteiger partial charge in [-0.25, -0.2) is 0 Å². The lowest BCUT2D eigenvalue weighted by molar-refractivity contribution is 1.90. The molecule has 0 aliphatic heterocycles. The standard InChI is InChI=1S/C2H4N2S4.S/c3-1(5)7-8-2(4)6;/h(H2,3,5)(H2,4,6);. The molecule has 2 nitrogen and oxygen atoms in total. The normalized spacial score (nSPS) is 7.56. The van der Waals surface area contributed by atoms with Crippen LogP contribution in [0.5, 0.6) is 0 Å². The second kappa shape index (κ2) is 6.94. The summed E-state index contributed by atoms with van der Waals surface area (Å²) in [6.07, 6.45) is 0. The van der Waals surface area contributed by atoms with Crippen LogP contribution >= 0.6 is 59.5 Å². The van der Waals surface area contributed by atoms with E-state index in [1.165, 1.54) is 21.6 Å². The molecule has 0 aromatic carbocycles. The Kier molecular flexibility index (Phi) is 9.64. The highest BCUT2D eigenvalue weighted by molar-refractivity contribution is 8.89. The lowest BCUT2D eigenvalue weighted by Crippen LogP contribution is -2.04. The smallest absolute Gasteiger partial charge is 0.142 e. The quantitative estimate of drug-likeness (QED) is 0.473. The van der Waals surface area contributed by atoms with Gasteiger partial charge in [0.1, 0.15) is 8.64 Å². The van der Waals surface area contributed by atoms with Crippen LogP contribution in [0, 0.1) is 0 Å². The lowest BCUT2D eigenvalue weighted by atomic mass is 11.5. The summed E-state index contributed by atoms with van der Waals surface area (Å²) in [6, 6.07) is 0. The van der Waals surface area contributed by atoms with Gasteiger partial charge in [-0.05, 0) is 21.6 Å². The Morgan fingerprint density at radius 1 is 1.00 bits per heavy atom. The van der Waals surface area contributed by atoms with Gasteiger partial charge in [0.15, 0.2) is 0 Å². The lowest BCUT2D eigenvalue weighted by Gasteiger charge is -1.91. The molecule has 0 saturated heterocycles. The summed E-state index contributed by atoms with van der Waals surface area (Å²) in [5, 5.41) is 0. The highest BCUT2D eigenvalue weighted by Gasteiger charge is 1.91.